The Morgan fingerprint density at radius 3 is 2.28 bits per heavy atom. The topological polar surface area (TPSA) is 21.3 Å². The molecule has 0 heterocycles. The zero-order valence-corrected chi connectivity index (χ0v) is 13.4. The van der Waals surface area contributed by atoms with Gasteiger partial charge in [-0.15, -0.1) is 0 Å². The van der Waals surface area contributed by atoms with Gasteiger partial charge in [-0.2, -0.15) is 0 Å². The zero-order chi connectivity index (χ0) is 13.6. The largest absolute Gasteiger partial charge is 0.496 e. The minimum absolute atomic E-state index is 0.386. The molecule has 2 rings (SSSR count). The molecule has 0 saturated heterocycles. The van der Waals surface area contributed by atoms with Crippen molar-refractivity contribution in [1.29, 1.82) is 0 Å². The monoisotopic (exact) mass is 311 g/mol. The molecule has 0 amide bonds. The first kappa shape index (κ1) is 13.9. The molecule has 18 heavy (non-hydrogen) atoms. The van der Waals surface area contributed by atoms with Gasteiger partial charge in [-0.3, -0.25) is 0 Å². The number of rotatable bonds is 4. The summed E-state index contributed by atoms with van der Waals surface area (Å²) in [6.45, 7) is 10.2. The lowest BCUT2D eigenvalue weighted by atomic mass is 10.0. The summed E-state index contributed by atoms with van der Waals surface area (Å²) < 4.78 is 6.25. The van der Waals surface area contributed by atoms with E-state index in [4.69, 9.17) is 4.74 Å². The van der Waals surface area contributed by atoms with E-state index in [9.17, 15) is 0 Å². The van der Waals surface area contributed by atoms with E-state index in [1.165, 1.54) is 5.56 Å². The second-order valence-corrected chi connectivity index (χ2v) is 7.08. The highest BCUT2D eigenvalue weighted by atomic mass is 79.9. The Morgan fingerprint density at radius 1 is 1.22 bits per heavy atom. The zero-order valence-electron chi connectivity index (χ0n) is 11.8. The summed E-state index contributed by atoms with van der Waals surface area (Å²) in [5.74, 6) is 0.880. The number of methoxy groups -OCH3 is 1. The molecule has 1 aromatic rings. The smallest absolute Gasteiger partial charge is 0.133 e. The molecule has 1 aliphatic rings. The first-order valence-corrected chi connectivity index (χ1v) is 7.16. The summed E-state index contributed by atoms with van der Waals surface area (Å²) in [6.07, 6.45) is 0. The molecule has 0 radical (unpaired) electrons. The lowest BCUT2D eigenvalue weighted by Crippen LogP contribution is -2.21. The van der Waals surface area contributed by atoms with Crippen LogP contribution in [0, 0.1) is 10.8 Å². The number of nitrogens with one attached hydrogen (secondary N) is 1. The Bertz CT molecular complexity index is 440. The summed E-state index contributed by atoms with van der Waals surface area (Å²) in [7, 11) is 1.69. The molecule has 0 spiro atoms. The van der Waals surface area contributed by atoms with Gasteiger partial charge in [0.15, 0.2) is 0 Å². The van der Waals surface area contributed by atoms with Gasteiger partial charge in [-0.25, -0.2) is 0 Å². The number of ether oxygens (including phenoxy) is 1. The van der Waals surface area contributed by atoms with Gasteiger partial charge in [-0.1, -0.05) is 33.8 Å². The van der Waals surface area contributed by atoms with Gasteiger partial charge in [0, 0.05) is 12.6 Å². The van der Waals surface area contributed by atoms with Gasteiger partial charge >= 0.3 is 0 Å². The van der Waals surface area contributed by atoms with E-state index in [0.29, 0.717) is 16.9 Å². The third-order valence-electron chi connectivity index (χ3n) is 4.75. The Morgan fingerprint density at radius 2 is 1.83 bits per heavy atom. The van der Waals surface area contributed by atoms with Crippen LogP contribution in [0.4, 0.5) is 0 Å². The Hall–Kier alpha value is -0.540. The van der Waals surface area contributed by atoms with Gasteiger partial charge in [0.2, 0.25) is 0 Å². The van der Waals surface area contributed by atoms with Crippen LogP contribution in [0.3, 0.4) is 0 Å². The van der Waals surface area contributed by atoms with Crippen molar-refractivity contribution in [3.8, 4) is 5.75 Å². The SMILES string of the molecule is COc1ccc(CNC2C(C)(C)C2(C)C)cc1Br. The van der Waals surface area contributed by atoms with Crippen LogP contribution in [-0.4, -0.2) is 13.2 Å². The van der Waals surface area contributed by atoms with Crippen molar-refractivity contribution in [3.63, 3.8) is 0 Å². The van der Waals surface area contributed by atoms with E-state index in [-0.39, 0.29) is 0 Å². The van der Waals surface area contributed by atoms with Crippen LogP contribution in [0.25, 0.3) is 0 Å². The normalized spacial score (nSPS) is 20.8. The lowest BCUT2D eigenvalue weighted by molar-refractivity contribution is 0.412. The van der Waals surface area contributed by atoms with Crippen molar-refractivity contribution in [2.75, 3.05) is 7.11 Å². The van der Waals surface area contributed by atoms with E-state index in [2.05, 4.69) is 61.1 Å². The molecule has 1 N–H and O–H groups in total. The maximum absolute atomic E-state index is 5.24. The highest BCUT2D eigenvalue weighted by Crippen LogP contribution is 2.62. The fourth-order valence-electron chi connectivity index (χ4n) is 2.75. The van der Waals surface area contributed by atoms with Crippen molar-refractivity contribution in [2.45, 2.75) is 40.3 Å². The molecule has 0 aliphatic heterocycles. The van der Waals surface area contributed by atoms with Gasteiger partial charge in [0.1, 0.15) is 5.75 Å². The van der Waals surface area contributed by atoms with Crippen molar-refractivity contribution < 1.29 is 4.74 Å². The summed E-state index contributed by atoms with van der Waals surface area (Å²) in [4.78, 5) is 0. The second-order valence-electron chi connectivity index (χ2n) is 6.23. The quantitative estimate of drug-likeness (QED) is 0.908. The van der Waals surface area contributed by atoms with Gasteiger partial charge in [0.25, 0.3) is 0 Å². The van der Waals surface area contributed by atoms with Crippen LogP contribution in [0.2, 0.25) is 0 Å². The predicted octanol–water partition coefficient (Wildman–Crippen LogP) is 3.98. The first-order chi connectivity index (χ1) is 8.30. The molecule has 0 unspecified atom stereocenters. The standard InChI is InChI=1S/C15H22BrNO/c1-14(2)13(15(14,3)4)17-9-10-6-7-12(18-5)11(16)8-10/h6-8,13,17H,9H2,1-5H3. The van der Waals surface area contributed by atoms with Crippen molar-refractivity contribution >= 4 is 15.9 Å². The van der Waals surface area contributed by atoms with Crippen LogP contribution >= 0.6 is 15.9 Å². The minimum Gasteiger partial charge on any atom is -0.496 e. The number of hydrogen-bond donors (Lipinski definition) is 1. The third kappa shape index (κ3) is 2.19. The van der Waals surface area contributed by atoms with E-state index < -0.39 is 0 Å². The molecule has 3 heteroatoms. The van der Waals surface area contributed by atoms with Crippen molar-refractivity contribution in [3.05, 3.63) is 28.2 Å². The third-order valence-corrected chi connectivity index (χ3v) is 5.37. The molecule has 1 saturated carbocycles. The van der Waals surface area contributed by atoms with Crippen LogP contribution in [0.15, 0.2) is 22.7 Å². The minimum atomic E-state index is 0.386. The predicted molar refractivity (Wildman–Crippen MR) is 78.9 cm³/mol. The molecule has 0 aromatic heterocycles. The van der Waals surface area contributed by atoms with Crippen LogP contribution in [0.1, 0.15) is 33.3 Å². The summed E-state index contributed by atoms with van der Waals surface area (Å²) in [5.41, 5.74) is 2.05. The number of halogens is 1. The maximum atomic E-state index is 5.24. The van der Waals surface area contributed by atoms with E-state index in [1.807, 2.05) is 6.07 Å². The fraction of sp³-hybridized carbons (Fsp3) is 0.600. The summed E-state index contributed by atoms with van der Waals surface area (Å²) >= 11 is 3.52. The number of benzene rings is 1. The molecule has 1 aromatic carbocycles. The molecule has 1 fully saturated rings. The highest BCUT2D eigenvalue weighted by Gasteiger charge is 2.64. The average Bonchev–Trinajstić information content (AvgIpc) is 2.67. The van der Waals surface area contributed by atoms with Gasteiger partial charge in [-0.05, 0) is 44.5 Å². The Kier molecular flexibility index (Phi) is 3.50. The van der Waals surface area contributed by atoms with E-state index in [0.717, 1.165) is 16.8 Å². The molecule has 1 aliphatic carbocycles. The van der Waals surface area contributed by atoms with E-state index >= 15 is 0 Å². The van der Waals surface area contributed by atoms with Gasteiger partial charge in [0.05, 0.1) is 11.6 Å². The second kappa shape index (κ2) is 4.53. The maximum Gasteiger partial charge on any atom is 0.133 e. The summed E-state index contributed by atoms with van der Waals surface area (Å²) in [5, 5.41) is 3.66. The first-order valence-electron chi connectivity index (χ1n) is 6.36. The van der Waals surface area contributed by atoms with Crippen LogP contribution in [-0.2, 0) is 6.54 Å². The lowest BCUT2D eigenvalue weighted by Gasteiger charge is -2.09. The molecular weight excluding hydrogens is 290 g/mol. The van der Waals surface area contributed by atoms with Crippen LogP contribution < -0.4 is 10.1 Å². The molecular formula is C15H22BrNO. The fourth-order valence-corrected chi connectivity index (χ4v) is 3.33. The average molecular weight is 312 g/mol. The molecule has 2 nitrogen and oxygen atoms in total. The van der Waals surface area contributed by atoms with Crippen LogP contribution in [0.5, 0.6) is 5.75 Å². The van der Waals surface area contributed by atoms with Gasteiger partial charge < -0.3 is 10.1 Å². The highest BCUT2D eigenvalue weighted by molar-refractivity contribution is 9.10. The van der Waals surface area contributed by atoms with Crippen molar-refractivity contribution in [1.82, 2.24) is 5.32 Å². The number of hydrogen-bond acceptors (Lipinski definition) is 2. The molecule has 0 bridgehead atoms. The molecule has 100 valence electrons. The Balaban J connectivity index is 1.98. The van der Waals surface area contributed by atoms with E-state index in [1.54, 1.807) is 7.11 Å². The molecule has 0 atom stereocenters. The Labute approximate surface area is 118 Å². The van der Waals surface area contributed by atoms with Crippen molar-refractivity contribution in [2.24, 2.45) is 10.8 Å². The summed E-state index contributed by atoms with van der Waals surface area (Å²) in [6, 6.07) is 6.82.